The fraction of sp³-hybridized carbons (Fsp3) is 0.636. The molecule has 1 aromatic heterocycles. The molecule has 16 heavy (non-hydrogen) atoms. The molecule has 0 amide bonds. The molecule has 1 rings (SSSR count). The van der Waals surface area contributed by atoms with E-state index in [-0.39, 0.29) is 0 Å². The predicted octanol–water partition coefficient (Wildman–Crippen LogP) is 2.27. The van der Waals surface area contributed by atoms with Gasteiger partial charge >= 0.3 is 0 Å². The molecule has 0 saturated carbocycles. The summed E-state index contributed by atoms with van der Waals surface area (Å²) < 4.78 is 0. The van der Waals surface area contributed by atoms with Crippen LogP contribution in [0.3, 0.4) is 0 Å². The Labute approximate surface area is 102 Å². The molecule has 0 aliphatic carbocycles. The molecule has 0 atom stereocenters. The Balaban J connectivity index is 2.23. The molecule has 0 aliphatic heterocycles. The minimum atomic E-state index is 0.568. The van der Waals surface area contributed by atoms with Gasteiger partial charge in [-0.25, -0.2) is 9.97 Å². The minimum absolute atomic E-state index is 0.568. The summed E-state index contributed by atoms with van der Waals surface area (Å²) in [6.07, 6.45) is 5.56. The maximum atomic E-state index is 5.92. The standard InChI is InChI=1S/C11H19ClN4/c1-3-4-6-16(2)7-5-14-11-10(12)8-13-9-15-11/h8-9H,3-7H2,1-2H3,(H,13,14,15). The van der Waals surface area contributed by atoms with Gasteiger partial charge in [-0.2, -0.15) is 0 Å². The van der Waals surface area contributed by atoms with Crippen molar-refractivity contribution < 1.29 is 0 Å². The molecule has 0 unspecified atom stereocenters. The van der Waals surface area contributed by atoms with E-state index in [1.165, 1.54) is 19.2 Å². The van der Waals surface area contributed by atoms with E-state index in [0.717, 1.165) is 19.6 Å². The molecule has 1 aromatic rings. The number of halogens is 1. The third-order valence-corrected chi connectivity index (χ3v) is 2.62. The van der Waals surface area contributed by atoms with Crippen molar-refractivity contribution in [3.05, 3.63) is 17.5 Å². The van der Waals surface area contributed by atoms with Gasteiger partial charge in [0, 0.05) is 13.1 Å². The molecule has 5 heteroatoms. The van der Waals surface area contributed by atoms with E-state index in [4.69, 9.17) is 11.6 Å². The summed E-state index contributed by atoms with van der Waals surface area (Å²) in [5.41, 5.74) is 0. The van der Waals surface area contributed by atoms with Gasteiger partial charge in [0.25, 0.3) is 0 Å². The molecule has 0 aliphatic rings. The lowest BCUT2D eigenvalue weighted by Crippen LogP contribution is -2.26. The van der Waals surface area contributed by atoms with Gasteiger partial charge in [-0.05, 0) is 20.0 Å². The number of unbranched alkanes of at least 4 members (excludes halogenated alkanes) is 1. The Kier molecular flexibility index (Phi) is 6.11. The zero-order chi connectivity index (χ0) is 11.8. The first-order chi connectivity index (χ1) is 7.74. The monoisotopic (exact) mass is 242 g/mol. The van der Waals surface area contributed by atoms with Crippen molar-refractivity contribution in [2.45, 2.75) is 19.8 Å². The van der Waals surface area contributed by atoms with Crippen LogP contribution >= 0.6 is 11.6 Å². The van der Waals surface area contributed by atoms with Gasteiger partial charge < -0.3 is 10.2 Å². The minimum Gasteiger partial charge on any atom is -0.367 e. The number of rotatable bonds is 7. The summed E-state index contributed by atoms with van der Waals surface area (Å²) in [6, 6.07) is 0. The van der Waals surface area contributed by atoms with Crippen molar-refractivity contribution >= 4 is 17.4 Å². The molecular weight excluding hydrogens is 224 g/mol. The van der Waals surface area contributed by atoms with E-state index in [9.17, 15) is 0 Å². The average molecular weight is 243 g/mol. The Morgan fingerprint density at radius 1 is 1.44 bits per heavy atom. The second-order valence-electron chi connectivity index (χ2n) is 3.80. The van der Waals surface area contributed by atoms with Crippen molar-refractivity contribution in [3.63, 3.8) is 0 Å². The molecule has 0 aromatic carbocycles. The SMILES string of the molecule is CCCCN(C)CCNc1ncncc1Cl. The second-order valence-corrected chi connectivity index (χ2v) is 4.21. The Morgan fingerprint density at radius 3 is 2.94 bits per heavy atom. The third kappa shape index (κ3) is 4.77. The lowest BCUT2D eigenvalue weighted by molar-refractivity contribution is 0.340. The largest absolute Gasteiger partial charge is 0.367 e. The number of likely N-dealkylation sites (N-methyl/N-ethyl adjacent to an activating group) is 1. The predicted molar refractivity (Wildman–Crippen MR) is 67.9 cm³/mol. The molecule has 0 fully saturated rings. The Bertz CT molecular complexity index is 306. The first-order valence-corrected chi connectivity index (χ1v) is 5.99. The van der Waals surface area contributed by atoms with Crippen molar-refractivity contribution in [3.8, 4) is 0 Å². The summed E-state index contributed by atoms with van der Waals surface area (Å²) in [5, 5.41) is 3.76. The average Bonchev–Trinajstić information content (AvgIpc) is 2.29. The van der Waals surface area contributed by atoms with E-state index in [1.807, 2.05) is 0 Å². The van der Waals surface area contributed by atoms with Crippen LogP contribution in [0.15, 0.2) is 12.5 Å². The van der Waals surface area contributed by atoms with Crippen LogP contribution in [0, 0.1) is 0 Å². The van der Waals surface area contributed by atoms with Crippen LogP contribution in [0.1, 0.15) is 19.8 Å². The van der Waals surface area contributed by atoms with Gasteiger partial charge in [-0.1, -0.05) is 24.9 Å². The quantitative estimate of drug-likeness (QED) is 0.797. The maximum absolute atomic E-state index is 5.92. The molecule has 1 heterocycles. The molecule has 90 valence electrons. The van der Waals surface area contributed by atoms with Crippen molar-refractivity contribution in [2.75, 3.05) is 32.0 Å². The first kappa shape index (κ1) is 13.2. The second kappa shape index (κ2) is 7.41. The number of nitrogens with zero attached hydrogens (tertiary/aromatic N) is 3. The number of aromatic nitrogens is 2. The van der Waals surface area contributed by atoms with Gasteiger partial charge in [-0.15, -0.1) is 0 Å². The fourth-order valence-electron chi connectivity index (χ4n) is 1.35. The van der Waals surface area contributed by atoms with Gasteiger partial charge in [0.05, 0.1) is 6.20 Å². The molecule has 0 bridgehead atoms. The number of nitrogens with one attached hydrogen (secondary N) is 1. The summed E-state index contributed by atoms with van der Waals surface area (Å²) in [5.74, 6) is 0.709. The highest BCUT2D eigenvalue weighted by Crippen LogP contribution is 2.15. The molecule has 1 N–H and O–H groups in total. The van der Waals surface area contributed by atoms with Crippen molar-refractivity contribution in [1.29, 1.82) is 0 Å². The lowest BCUT2D eigenvalue weighted by Gasteiger charge is -2.16. The van der Waals surface area contributed by atoms with Gasteiger partial charge in [0.15, 0.2) is 0 Å². The summed E-state index contributed by atoms with van der Waals surface area (Å²) in [7, 11) is 2.12. The number of hydrogen-bond donors (Lipinski definition) is 1. The normalized spacial score (nSPS) is 10.8. The number of hydrogen-bond acceptors (Lipinski definition) is 4. The Morgan fingerprint density at radius 2 is 2.25 bits per heavy atom. The maximum Gasteiger partial charge on any atom is 0.148 e. The summed E-state index contributed by atoms with van der Waals surface area (Å²) >= 11 is 5.92. The van der Waals surface area contributed by atoms with E-state index >= 15 is 0 Å². The van der Waals surface area contributed by atoms with Crippen LogP contribution in [0.5, 0.6) is 0 Å². The molecule has 0 spiro atoms. The Hall–Kier alpha value is -0.870. The topological polar surface area (TPSA) is 41.0 Å². The zero-order valence-electron chi connectivity index (χ0n) is 9.91. The van der Waals surface area contributed by atoms with E-state index in [2.05, 4.69) is 34.2 Å². The summed E-state index contributed by atoms with van der Waals surface area (Å²) in [6.45, 7) is 5.17. The van der Waals surface area contributed by atoms with Crippen LogP contribution < -0.4 is 5.32 Å². The highest BCUT2D eigenvalue weighted by Gasteiger charge is 2.01. The van der Waals surface area contributed by atoms with Gasteiger partial charge in [0.2, 0.25) is 0 Å². The lowest BCUT2D eigenvalue weighted by atomic mass is 10.3. The van der Waals surface area contributed by atoms with E-state index < -0.39 is 0 Å². The van der Waals surface area contributed by atoms with E-state index in [1.54, 1.807) is 6.20 Å². The van der Waals surface area contributed by atoms with E-state index in [0.29, 0.717) is 10.8 Å². The summed E-state index contributed by atoms with van der Waals surface area (Å²) in [4.78, 5) is 10.2. The van der Waals surface area contributed by atoms with Crippen molar-refractivity contribution in [2.24, 2.45) is 0 Å². The van der Waals surface area contributed by atoms with Crippen LogP contribution in [-0.2, 0) is 0 Å². The molecular formula is C11H19ClN4. The zero-order valence-corrected chi connectivity index (χ0v) is 10.7. The molecule has 0 saturated heterocycles. The molecule has 4 nitrogen and oxygen atoms in total. The first-order valence-electron chi connectivity index (χ1n) is 5.62. The van der Waals surface area contributed by atoms with Crippen LogP contribution in [-0.4, -0.2) is 41.5 Å². The highest BCUT2D eigenvalue weighted by atomic mass is 35.5. The van der Waals surface area contributed by atoms with Gasteiger partial charge in [-0.3, -0.25) is 0 Å². The number of anilines is 1. The fourth-order valence-corrected chi connectivity index (χ4v) is 1.52. The van der Waals surface area contributed by atoms with Crippen molar-refractivity contribution in [1.82, 2.24) is 14.9 Å². The van der Waals surface area contributed by atoms with Gasteiger partial charge in [0.1, 0.15) is 17.2 Å². The van der Waals surface area contributed by atoms with Crippen LogP contribution in [0.2, 0.25) is 5.02 Å². The smallest absolute Gasteiger partial charge is 0.148 e. The van der Waals surface area contributed by atoms with Crippen LogP contribution in [0.25, 0.3) is 0 Å². The third-order valence-electron chi connectivity index (χ3n) is 2.35. The highest BCUT2D eigenvalue weighted by molar-refractivity contribution is 6.32. The molecule has 0 radical (unpaired) electrons. The van der Waals surface area contributed by atoms with Crippen LogP contribution in [0.4, 0.5) is 5.82 Å².